The average Bonchev–Trinajstić information content (AvgIpc) is 3.64. The van der Waals surface area contributed by atoms with Crippen molar-refractivity contribution in [2.75, 3.05) is 12.4 Å². The molecule has 0 unspecified atom stereocenters. The molecule has 0 heterocycles. The second-order valence-electron chi connectivity index (χ2n) is 15.3. The van der Waals surface area contributed by atoms with Crippen LogP contribution in [0.15, 0.2) is 41.3 Å². The quantitative estimate of drug-likeness (QED) is 0.247. The van der Waals surface area contributed by atoms with Crippen molar-refractivity contribution < 1.29 is 49.8 Å². The summed E-state index contributed by atoms with van der Waals surface area (Å²) in [5.41, 5.74) is -6.25. The van der Waals surface area contributed by atoms with E-state index in [4.69, 9.17) is 9.47 Å². The number of Topliss-reactive ketones (excluding diaryl/α,β-unsaturated/α-hetero) is 1. The summed E-state index contributed by atoms with van der Waals surface area (Å²) in [5.74, 6) is -2.81. The maximum Gasteiger partial charge on any atom is 0.501 e. The van der Waals surface area contributed by atoms with Crippen LogP contribution in [0.2, 0.25) is 0 Å². The molecule has 4 atom stereocenters. The lowest BCUT2D eigenvalue weighted by Gasteiger charge is -2.37. The Bertz CT molecular complexity index is 1750. The van der Waals surface area contributed by atoms with Gasteiger partial charge in [-0.2, -0.15) is 13.2 Å². The van der Waals surface area contributed by atoms with Gasteiger partial charge in [0, 0.05) is 29.6 Å². The molecule has 3 fully saturated rings. The summed E-state index contributed by atoms with van der Waals surface area (Å²) in [6, 6.07) is 5.64. The third-order valence-electron chi connectivity index (χ3n) is 10.4. The molecule has 2 aromatic rings. The van der Waals surface area contributed by atoms with E-state index in [0.717, 1.165) is 30.7 Å². The van der Waals surface area contributed by atoms with E-state index >= 15 is 4.39 Å². The molecule has 9 nitrogen and oxygen atoms in total. The first-order valence-corrected chi connectivity index (χ1v) is 18.3. The van der Waals surface area contributed by atoms with E-state index in [0.29, 0.717) is 44.9 Å². The summed E-state index contributed by atoms with van der Waals surface area (Å²) in [6.45, 7) is 8.04. The largest absolute Gasteiger partial charge is 0.501 e. The third kappa shape index (κ3) is 7.79. The number of halogens is 4. The molecular formula is C36H44F4N2O7S. The number of methoxy groups -OCH3 is 1. The fraction of sp³-hybridized carbons (Fsp3) is 0.583. The number of nitrogens with one attached hydrogen (secondary N) is 2. The Hall–Kier alpha value is -3.68. The number of hydrogen-bond donors (Lipinski definition) is 2. The number of amides is 2. The number of sulfone groups is 1. The summed E-state index contributed by atoms with van der Waals surface area (Å²) in [5, 5.41) is 5.47. The number of benzene rings is 2. The lowest BCUT2D eigenvalue weighted by atomic mass is 9.68. The summed E-state index contributed by atoms with van der Waals surface area (Å²) in [7, 11) is -4.33. The Morgan fingerprint density at radius 2 is 1.62 bits per heavy atom. The van der Waals surface area contributed by atoms with Crippen molar-refractivity contribution >= 4 is 33.1 Å². The van der Waals surface area contributed by atoms with Gasteiger partial charge in [0.05, 0.1) is 29.6 Å². The Morgan fingerprint density at radius 1 is 0.960 bits per heavy atom. The molecule has 2 bridgehead atoms. The molecule has 5 rings (SSSR count). The van der Waals surface area contributed by atoms with Gasteiger partial charge in [-0.25, -0.2) is 12.8 Å². The van der Waals surface area contributed by atoms with Gasteiger partial charge in [0.15, 0.2) is 11.6 Å². The van der Waals surface area contributed by atoms with Gasteiger partial charge in [-0.15, -0.1) is 0 Å². The van der Waals surface area contributed by atoms with Crippen LogP contribution < -0.4 is 20.1 Å². The number of hydrogen-bond acceptors (Lipinski definition) is 7. The highest BCUT2D eigenvalue weighted by atomic mass is 32.2. The number of carbonyl (C=O) groups is 3. The van der Waals surface area contributed by atoms with Gasteiger partial charge in [-0.05, 0) is 86.5 Å². The van der Waals surface area contributed by atoms with Gasteiger partial charge in [-0.3, -0.25) is 14.4 Å². The van der Waals surface area contributed by atoms with Crippen LogP contribution in [-0.2, 0) is 19.4 Å². The lowest BCUT2D eigenvalue weighted by Crippen LogP contribution is -2.48. The monoisotopic (exact) mass is 724 g/mol. The standard InChI is InChI=1S/C36H44F4N2O7S/c1-34(2,3)19-29(43)35(4)13-11-23(12-14-35)49-28-17-25(27(48-5)18-26(28)37)32(44)42-31-21-10-9-20(15-21)30(31)33(45)41-22-7-6-8-24(16-22)50(46,47)36(38,39)40/h6-8,16-18,20-21,23,30-31H,9-15,19H2,1-5H3,(H,41,45)(H,42,44)/t20-,21+,23-,30+,31-,35+/m1/s1. The molecule has 2 N–H and O–H groups in total. The highest BCUT2D eigenvalue weighted by Crippen LogP contribution is 2.49. The van der Waals surface area contributed by atoms with Gasteiger partial charge in [0.2, 0.25) is 5.91 Å². The summed E-state index contributed by atoms with van der Waals surface area (Å²) in [4.78, 5) is 39.3. The molecule has 2 aromatic carbocycles. The molecule has 2 amide bonds. The zero-order valence-corrected chi connectivity index (χ0v) is 29.6. The van der Waals surface area contributed by atoms with E-state index in [1.165, 1.54) is 19.2 Å². The van der Waals surface area contributed by atoms with Crippen molar-refractivity contribution in [2.45, 2.75) is 102 Å². The van der Waals surface area contributed by atoms with Crippen LogP contribution in [-0.4, -0.2) is 50.8 Å². The van der Waals surface area contributed by atoms with E-state index in [9.17, 15) is 36.0 Å². The fourth-order valence-electron chi connectivity index (χ4n) is 7.68. The lowest BCUT2D eigenvalue weighted by molar-refractivity contribution is -0.132. The summed E-state index contributed by atoms with van der Waals surface area (Å²) >= 11 is 0. The first-order chi connectivity index (χ1) is 23.2. The van der Waals surface area contributed by atoms with Gasteiger partial charge >= 0.3 is 5.51 Å². The molecule has 274 valence electrons. The number of rotatable bonds is 10. The van der Waals surface area contributed by atoms with Crippen LogP contribution in [0.3, 0.4) is 0 Å². The highest BCUT2D eigenvalue weighted by molar-refractivity contribution is 7.92. The maximum absolute atomic E-state index is 15.2. The topological polar surface area (TPSA) is 128 Å². The molecule has 3 aliphatic carbocycles. The minimum atomic E-state index is -5.63. The summed E-state index contributed by atoms with van der Waals surface area (Å²) < 4.78 is 89.8. The SMILES string of the molecule is COc1cc(F)c(O[C@H]2CC[C@@](C)(C(=O)CC(C)(C)C)CC2)cc1C(=O)N[C@@H]1[C@H]2CC[C@H](C2)[C@@H]1C(=O)Nc1cccc(S(=O)(=O)C(F)(F)F)c1. The van der Waals surface area contributed by atoms with Crippen molar-refractivity contribution in [3.8, 4) is 11.5 Å². The predicted molar refractivity (Wildman–Crippen MR) is 177 cm³/mol. The van der Waals surface area contributed by atoms with Crippen LogP contribution in [0.4, 0.5) is 23.2 Å². The second kappa shape index (κ2) is 13.8. The van der Waals surface area contributed by atoms with E-state index in [1.807, 2.05) is 27.7 Å². The number of fused-ring (bicyclic) bond motifs is 2. The van der Waals surface area contributed by atoms with E-state index < -0.39 is 55.2 Å². The zero-order chi connectivity index (χ0) is 36.8. The second-order valence-corrected chi connectivity index (χ2v) is 17.3. The number of carbonyl (C=O) groups excluding carboxylic acids is 3. The molecule has 0 saturated heterocycles. The van der Waals surface area contributed by atoms with Gasteiger partial charge in [0.25, 0.3) is 15.7 Å². The predicted octanol–water partition coefficient (Wildman–Crippen LogP) is 7.24. The Balaban J connectivity index is 1.29. The van der Waals surface area contributed by atoms with Crippen LogP contribution in [0.25, 0.3) is 0 Å². The van der Waals surface area contributed by atoms with E-state index in [2.05, 4.69) is 10.6 Å². The minimum Gasteiger partial charge on any atom is -0.496 e. The van der Waals surface area contributed by atoms with Gasteiger partial charge in [-0.1, -0.05) is 33.8 Å². The molecule has 0 aliphatic heterocycles. The van der Waals surface area contributed by atoms with Crippen LogP contribution in [0.1, 0.15) is 89.4 Å². The summed E-state index contributed by atoms with van der Waals surface area (Å²) in [6.07, 6.45) is 4.43. The molecule has 3 aliphatic rings. The molecule has 0 radical (unpaired) electrons. The van der Waals surface area contributed by atoms with Crippen LogP contribution in [0, 0.1) is 34.4 Å². The Morgan fingerprint density at radius 3 is 2.24 bits per heavy atom. The average molecular weight is 725 g/mol. The fourth-order valence-corrected chi connectivity index (χ4v) is 8.48. The van der Waals surface area contributed by atoms with Crippen molar-refractivity contribution in [3.63, 3.8) is 0 Å². The number of anilines is 1. The van der Waals surface area contributed by atoms with Crippen molar-refractivity contribution in [1.82, 2.24) is 5.32 Å². The molecular weight excluding hydrogens is 680 g/mol. The molecule has 14 heteroatoms. The number of ketones is 1. The Kier molecular flexibility index (Phi) is 10.4. The van der Waals surface area contributed by atoms with Crippen LogP contribution in [0.5, 0.6) is 11.5 Å². The number of alkyl halides is 3. The molecule has 3 saturated carbocycles. The van der Waals surface area contributed by atoms with Crippen molar-refractivity contribution in [2.24, 2.45) is 28.6 Å². The molecule has 50 heavy (non-hydrogen) atoms. The highest BCUT2D eigenvalue weighted by Gasteiger charge is 2.52. The zero-order valence-electron chi connectivity index (χ0n) is 28.8. The van der Waals surface area contributed by atoms with Crippen molar-refractivity contribution in [3.05, 3.63) is 47.8 Å². The van der Waals surface area contributed by atoms with E-state index in [1.54, 1.807) is 0 Å². The molecule has 0 aromatic heterocycles. The maximum atomic E-state index is 15.2. The number of ether oxygens (including phenoxy) is 2. The van der Waals surface area contributed by atoms with Gasteiger partial charge < -0.3 is 20.1 Å². The molecule has 0 spiro atoms. The smallest absolute Gasteiger partial charge is 0.496 e. The van der Waals surface area contributed by atoms with Gasteiger partial charge in [0.1, 0.15) is 11.5 Å². The minimum absolute atomic E-state index is 0.00288. The third-order valence-corrected chi connectivity index (χ3v) is 11.9. The van der Waals surface area contributed by atoms with E-state index in [-0.39, 0.29) is 51.9 Å². The first kappa shape index (κ1) is 37.6. The first-order valence-electron chi connectivity index (χ1n) is 16.8. The Labute approximate surface area is 289 Å². The normalized spacial score (nSPS) is 26.7. The van der Waals surface area contributed by atoms with Crippen molar-refractivity contribution in [1.29, 1.82) is 0 Å². The van der Waals surface area contributed by atoms with Crippen LogP contribution >= 0.6 is 0 Å².